The van der Waals surface area contributed by atoms with Crippen LogP contribution >= 0.6 is 0 Å². The molecular formula is C13H8N2O2. The molecule has 3 aromatic rings. The Labute approximate surface area is 96.9 Å². The zero-order valence-corrected chi connectivity index (χ0v) is 8.83. The second-order valence-corrected chi connectivity index (χ2v) is 3.61. The van der Waals surface area contributed by atoms with Gasteiger partial charge < -0.3 is 4.42 Å². The quantitative estimate of drug-likeness (QED) is 0.627. The number of hydrogen-bond acceptors (Lipinski definition) is 4. The van der Waals surface area contributed by atoms with Gasteiger partial charge in [0.05, 0.1) is 12.4 Å². The van der Waals surface area contributed by atoms with Crippen LogP contribution in [0.2, 0.25) is 0 Å². The van der Waals surface area contributed by atoms with Crippen LogP contribution in [0.3, 0.4) is 0 Å². The molecule has 1 aromatic carbocycles. The molecule has 0 saturated heterocycles. The average molecular weight is 224 g/mol. The van der Waals surface area contributed by atoms with Gasteiger partial charge in [0.15, 0.2) is 5.76 Å². The number of benzene rings is 1. The zero-order chi connectivity index (χ0) is 11.7. The SMILES string of the molecule is O=C(c1ccnnc1)c1cc2ccccc2o1. The van der Waals surface area contributed by atoms with Crippen LogP contribution in [0, 0.1) is 0 Å². The second kappa shape index (κ2) is 3.83. The van der Waals surface area contributed by atoms with E-state index < -0.39 is 0 Å². The molecule has 0 amide bonds. The summed E-state index contributed by atoms with van der Waals surface area (Å²) in [6, 6.07) is 10.9. The third kappa shape index (κ3) is 1.69. The summed E-state index contributed by atoms with van der Waals surface area (Å²) < 4.78 is 5.49. The number of nitrogens with zero attached hydrogens (tertiary/aromatic N) is 2. The highest BCUT2D eigenvalue weighted by Crippen LogP contribution is 2.20. The largest absolute Gasteiger partial charge is 0.453 e. The van der Waals surface area contributed by atoms with E-state index in [1.54, 1.807) is 12.1 Å². The van der Waals surface area contributed by atoms with Gasteiger partial charge in [0, 0.05) is 10.9 Å². The Hall–Kier alpha value is -2.49. The van der Waals surface area contributed by atoms with Gasteiger partial charge >= 0.3 is 0 Å². The minimum atomic E-state index is -0.184. The molecule has 0 saturated carbocycles. The standard InChI is InChI=1S/C13H8N2O2/c16-13(10-5-6-14-15-8-10)12-7-9-3-1-2-4-11(9)17-12/h1-8H. The van der Waals surface area contributed by atoms with Gasteiger partial charge in [-0.1, -0.05) is 18.2 Å². The van der Waals surface area contributed by atoms with E-state index in [1.165, 1.54) is 12.4 Å². The van der Waals surface area contributed by atoms with Crippen molar-refractivity contribution in [1.29, 1.82) is 0 Å². The third-order valence-electron chi connectivity index (χ3n) is 2.50. The van der Waals surface area contributed by atoms with Crippen molar-refractivity contribution in [3.8, 4) is 0 Å². The van der Waals surface area contributed by atoms with Gasteiger partial charge in [-0.05, 0) is 18.2 Å². The van der Waals surface area contributed by atoms with Crippen molar-refractivity contribution in [1.82, 2.24) is 10.2 Å². The lowest BCUT2D eigenvalue weighted by Gasteiger charge is -1.94. The summed E-state index contributed by atoms with van der Waals surface area (Å²) in [6.45, 7) is 0. The first kappa shape index (κ1) is 9.72. The number of rotatable bonds is 2. The Bertz CT molecular complexity index is 641. The number of furan rings is 1. The first-order valence-electron chi connectivity index (χ1n) is 5.14. The van der Waals surface area contributed by atoms with Crippen molar-refractivity contribution in [3.63, 3.8) is 0 Å². The molecule has 0 unspecified atom stereocenters. The second-order valence-electron chi connectivity index (χ2n) is 3.61. The van der Waals surface area contributed by atoms with Crippen LogP contribution in [-0.2, 0) is 0 Å². The van der Waals surface area contributed by atoms with E-state index in [9.17, 15) is 4.79 Å². The fourth-order valence-electron chi connectivity index (χ4n) is 1.66. The molecule has 0 aliphatic carbocycles. The number of ketones is 1. The summed E-state index contributed by atoms with van der Waals surface area (Å²) >= 11 is 0. The van der Waals surface area contributed by atoms with E-state index in [0.29, 0.717) is 16.9 Å². The van der Waals surface area contributed by atoms with Crippen molar-refractivity contribution < 1.29 is 9.21 Å². The maximum atomic E-state index is 12.1. The summed E-state index contributed by atoms with van der Waals surface area (Å²) in [7, 11) is 0. The molecule has 17 heavy (non-hydrogen) atoms. The van der Waals surface area contributed by atoms with Crippen molar-refractivity contribution in [2.75, 3.05) is 0 Å². The molecule has 0 spiro atoms. The number of hydrogen-bond donors (Lipinski definition) is 0. The highest BCUT2D eigenvalue weighted by Gasteiger charge is 2.14. The van der Waals surface area contributed by atoms with E-state index >= 15 is 0 Å². The molecule has 0 aliphatic rings. The summed E-state index contributed by atoms with van der Waals surface area (Å²) in [5, 5.41) is 8.22. The van der Waals surface area contributed by atoms with E-state index in [0.717, 1.165) is 5.39 Å². The molecule has 4 nitrogen and oxygen atoms in total. The van der Waals surface area contributed by atoms with Gasteiger partial charge in [-0.25, -0.2) is 0 Å². The minimum absolute atomic E-state index is 0.184. The van der Waals surface area contributed by atoms with Gasteiger partial charge in [0.25, 0.3) is 0 Å². The number of para-hydroxylation sites is 1. The van der Waals surface area contributed by atoms with Gasteiger partial charge in [-0.15, -0.1) is 0 Å². The van der Waals surface area contributed by atoms with Crippen LogP contribution in [0.1, 0.15) is 16.1 Å². The first-order valence-corrected chi connectivity index (χ1v) is 5.14. The van der Waals surface area contributed by atoms with E-state index in [-0.39, 0.29) is 5.78 Å². The molecule has 0 radical (unpaired) electrons. The lowest BCUT2D eigenvalue weighted by Crippen LogP contribution is -2.00. The van der Waals surface area contributed by atoms with Crippen LogP contribution in [0.4, 0.5) is 0 Å². The number of carbonyl (C=O) groups excluding carboxylic acids is 1. The molecule has 0 N–H and O–H groups in total. The highest BCUT2D eigenvalue weighted by molar-refractivity contribution is 6.08. The van der Waals surface area contributed by atoms with Gasteiger partial charge in [0.2, 0.25) is 5.78 Å². The van der Waals surface area contributed by atoms with Crippen LogP contribution < -0.4 is 0 Å². The maximum absolute atomic E-state index is 12.1. The molecule has 0 aliphatic heterocycles. The zero-order valence-electron chi connectivity index (χ0n) is 8.83. The monoisotopic (exact) mass is 224 g/mol. The summed E-state index contributed by atoms with van der Waals surface area (Å²) in [5.41, 5.74) is 1.18. The summed E-state index contributed by atoms with van der Waals surface area (Å²) in [6.07, 6.45) is 2.91. The number of aromatic nitrogens is 2. The van der Waals surface area contributed by atoms with Crippen molar-refractivity contribution in [3.05, 3.63) is 60.1 Å². The normalized spacial score (nSPS) is 10.6. The lowest BCUT2D eigenvalue weighted by molar-refractivity contribution is 0.101. The van der Waals surface area contributed by atoms with Crippen LogP contribution in [-0.4, -0.2) is 16.0 Å². The molecule has 0 fully saturated rings. The fourth-order valence-corrected chi connectivity index (χ4v) is 1.66. The van der Waals surface area contributed by atoms with Crippen LogP contribution in [0.25, 0.3) is 11.0 Å². The Kier molecular flexibility index (Phi) is 2.19. The number of fused-ring (bicyclic) bond motifs is 1. The van der Waals surface area contributed by atoms with E-state index in [2.05, 4.69) is 10.2 Å². The average Bonchev–Trinajstić information content (AvgIpc) is 2.82. The molecule has 0 bridgehead atoms. The fraction of sp³-hybridized carbons (Fsp3) is 0. The Morgan fingerprint density at radius 1 is 1.12 bits per heavy atom. The van der Waals surface area contributed by atoms with Crippen LogP contribution in [0.5, 0.6) is 0 Å². The highest BCUT2D eigenvalue weighted by atomic mass is 16.3. The van der Waals surface area contributed by atoms with Crippen molar-refractivity contribution in [2.45, 2.75) is 0 Å². The van der Waals surface area contributed by atoms with Gasteiger partial charge in [-0.3, -0.25) is 4.79 Å². The predicted octanol–water partition coefficient (Wildman–Crippen LogP) is 2.45. The molecule has 0 atom stereocenters. The van der Waals surface area contributed by atoms with Gasteiger partial charge in [-0.2, -0.15) is 10.2 Å². The smallest absolute Gasteiger partial charge is 0.229 e. The molecular weight excluding hydrogens is 216 g/mol. The predicted molar refractivity (Wildman–Crippen MR) is 61.7 cm³/mol. The van der Waals surface area contributed by atoms with E-state index in [1.807, 2.05) is 24.3 Å². The van der Waals surface area contributed by atoms with Crippen LogP contribution in [0.15, 0.2) is 53.2 Å². The summed E-state index contributed by atoms with van der Waals surface area (Å²) in [5.74, 6) is 0.135. The molecule has 2 heterocycles. The maximum Gasteiger partial charge on any atom is 0.229 e. The van der Waals surface area contributed by atoms with Crippen molar-refractivity contribution in [2.24, 2.45) is 0 Å². The third-order valence-corrected chi connectivity index (χ3v) is 2.50. The lowest BCUT2D eigenvalue weighted by atomic mass is 10.1. The van der Waals surface area contributed by atoms with Crippen molar-refractivity contribution >= 4 is 16.8 Å². The molecule has 4 heteroatoms. The first-order chi connectivity index (χ1) is 8.34. The van der Waals surface area contributed by atoms with E-state index in [4.69, 9.17) is 4.42 Å². The molecule has 82 valence electrons. The Morgan fingerprint density at radius 2 is 2.00 bits per heavy atom. The summed E-state index contributed by atoms with van der Waals surface area (Å²) in [4.78, 5) is 12.1. The molecule has 2 aromatic heterocycles. The number of carbonyl (C=O) groups is 1. The Balaban J connectivity index is 2.07. The molecule has 3 rings (SSSR count). The minimum Gasteiger partial charge on any atom is -0.453 e. The topological polar surface area (TPSA) is 56.0 Å². The Morgan fingerprint density at radius 3 is 2.76 bits per heavy atom. The van der Waals surface area contributed by atoms with Gasteiger partial charge in [0.1, 0.15) is 5.58 Å².